The van der Waals surface area contributed by atoms with E-state index < -0.39 is 0 Å². The quantitative estimate of drug-likeness (QED) is 0.400. The third kappa shape index (κ3) is 4.46. The molecule has 7 heteroatoms. The number of hydrogen-bond donors (Lipinski definition) is 1. The Morgan fingerprint density at radius 2 is 2.00 bits per heavy atom. The van der Waals surface area contributed by atoms with Crippen LogP contribution in [0.15, 0.2) is 69.6 Å². The van der Waals surface area contributed by atoms with Gasteiger partial charge in [0.25, 0.3) is 5.91 Å². The highest BCUT2D eigenvalue weighted by molar-refractivity contribution is 9.10. The van der Waals surface area contributed by atoms with E-state index in [-0.39, 0.29) is 12.5 Å². The maximum atomic E-state index is 12.2. The van der Waals surface area contributed by atoms with Crippen LogP contribution in [0.5, 0.6) is 11.5 Å². The maximum absolute atomic E-state index is 12.2. The fraction of sp³-hybridized carbons (Fsp3) is 0.130. The van der Waals surface area contributed by atoms with E-state index in [1.54, 1.807) is 25.3 Å². The first-order valence-corrected chi connectivity index (χ1v) is 10.0. The van der Waals surface area contributed by atoms with E-state index in [1.807, 2.05) is 49.4 Å². The highest BCUT2D eigenvalue weighted by atomic mass is 79.9. The molecule has 0 aliphatic heterocycles. The number of anilines is 1. The van der Waals surface area contributed by atoms with Crippen molar-refractivity contribution >= 4 is 38.6 Å². The Kier molecular flexibility index (Phi) is 5.72. The number of halogens is 1. The lowest BCUT2D eigenvalue weighted by Crippen LogP contribution is -2.20. The van der Waals surface area contributed by atoms with Crippen LogP contribution in [0.25, 0.3) is 22.6 Å². The van der Waals surface area contributed by atoms with Gasteiger partial charge in [-0.25, -0.2) is 4.98 Å². The maximum Gasteiger partial charge on any atom is 0.262 e. The van der Waals surface area contributed by atoms with Crippen LogP contribution in [0, 0.1) is 6.92 Å². The Morgan fingerprint density at radius 3 is 2.77 bits per heavy atom. The smallest absolute Gasteiger partial charge is 0.262 e. The molecule has 0 saturated carbocycles. The lowest BCUT2D eigenvalue weighted by atomic mass is 10.2. The van der Waals surface area contributed by atoms with Crippen molar-refractivity contribution in [3.8, 4) is 23.0 Å². The van der Waals surface area contributed by atoms with Crippen LogP contribution < -0.4 is 14.8 Å². The lowest BCUT2D eigenvalue weighted by Gasteiger charge is -2.08. The molecule has 4 rings (SSSR count). The molecule has 1 heterocycles. The second kappa shape index (κ2) is 8.59. The van der Waals surface area contributed by atoms with Gasteiger partial charge in [0.15, 0.2) is 12.2 Å². The molecule has 0 fully saturated rings. The summed E-state index contributed by atoms with van der Waals surface area (Å²) < 4.78 is 17.5. The second-order valence-corrected chi connectivity index (χ2v) is 7.56. The molecule has 0 atom stereocenters. The molecule has 0 saturated heterocycles. The molecule has 152 valence electrons. The van der Waals surface area contributed by atoms with E-state index in [2.05, 4.69) is 26.2 Å². The predicted octanol–water partition coefficient (Wildman–Crippen LogP) is 5.59. The Bertz CT molecular complexity index is 1220. The first-order valence-electron chi connectivity index (χ1n) is 9.25. The fourth-order valence-corrected chi connectivity index (χ4v) is 3.52. The van der Waals surface area contributed by atoms with Gasteiger partial charge in [-0.05, 0) is 76.9 Å². The van der Waals surface area contributed by atoms with Gasteiger partial charge in [-0.3, -0.25) is 4.79 Å². The minimum absolute atomic E-state index is 0.0779. The summed E-state index contributed by atoms with van der Waals surface area (Å²) in [6.07, 6.45) is 0. The molecule has 0 spiro atoms. The Hall–Kier alpha value is -3.32. The van der Waals surface area contributed by atoms with Crippen molar-refractivity contribution in [1.29, 1.82) is 0 Å². The normalized spacial score (nSPS) is 10.8. The van der Waals surface area contributed by atoms with Gasteiger partial charge >= 0.3 is 0 Å². The molecule has 4 aromatic rings. The summed E-state index contributed by atoms with van der Waals surface area (Å²) in [6.45, 7) is 1.89. The first kappa shape index (κ1) is 20.0. The zero-order valence-electron chi connectivity index (χ0n) is 16.4. The largest absolute Gasteiger partial charge is 0.496 e. The van der Waals surface area contributed by atoms with Gasteiger partial charge in [0.1, 0.15) is 17.0 Å². The minimum atomic E-state index is -0.251. The van der Waals surface area contributed by atoms with Crippen LogP contribution in [0.1, 0.15) is 5.56 Å². The molecular formula is C23H19BrN2O4. The van der Waals surface area contributed by atoms with Gasteiger partial charge in [-0.1, -0.05) is 12.1 Å². The van der Waals surface area contributed by atoms with Crippen LogP contribution in [0.2, 0.25) is 0 Å². The monoisotopic (exact) mass is 466 g/mol. The number of carbonyl (C=O) groups excluding carboxylic acids is 1. The number of aromatic nitrogens is 1. The predicted molar refractivity (Wildman–Crippen MR) is 119 cm³/mol. The number of hydrogen-bond acceptors (Lipinski definition) is 5. The first-order chi connectivity index (χ1) is 14.5. The average molecular weight is 467 g/mol. The van der Waals surface area contributed by atoms with Crippen LogP contribution in [-0.4, -0.2) is 24.6 Å². The summed E-state index contributed by atoms with van der Waals surface area (Å²) in [5.41, 5.74) is 3.79. The van der Waals surface area contributed by atoms with Gasteiger partial charge in [-0.15, -0.1) is 0 Å². The van der Waals surface area contributed by atoms with Crippen molar-refractivity contribution in [2.45, 2.75) is 6.92 Å². The zero-order chi connectivity index (χ0) is 21.1. The summed E-state index contributed by atoms with van der Waals surface area (Å²) >= 11 is 3.47. The zero-order valence-corrected chi connectivity index (χ0v) is 18.0. The van der Waals surface area contributed by atoms with E-state index >= 15 is 0 Å². The third-order valence-corrected chi connectivity index (χ3v) is 5.05. The van der Waals surface area contributed by atoms with Crippen LogP contribution in [0.3, 0.4) is 0 Å². The average Bonchev–Trinajstić information content (AvgIpc) is 3.16. The van der Waals surface area contributed by atoms with Crippen molar-refractivity contribution in [2.24, 2.45) is 0 Å². The van der Waals surface area contributed by atoms with Gasteiger partial charge in [-0.2, -0.15) is 0 Å². The molecule has 0 unspecified atom stereocenters. The molecule has 0 bridgehead atoms. The van der Waals surface area contributed by atoms with Crippen molar-refractivity contribution in [1.82, 2.24) is 4.98 Å². The molecule has 1 aromatic heterocycles. The van der Waals surface area contributed by atoms with Crippen LogP contribution in [0.4, 0.5) is 5.69 Å². The van der Waals surface area contributed by atoms with Gasteiger partial charge in [0, 0.05) is 11.3 Å². The number of nitrogens with one attached hydrogen (secondary N) is 1. The molecule has 6 nitrogen and oxygen atoms in total. The lowest BCUT2D eigenvalue weighted by molar-refractivity contribution is -0.118. The van der Waals surface area contributed by atoms with Crippen LogP contribution >= 0.6 is 15.9 Å². The minimum Gasteiger partial charge on any atom is -0.496 e. The highest BCUT2D eigenvalue weighted by Crippen LogP contribution is 2.32. The van der Waals surface area contributed by atoms with E-state index in [0.29, 0.717) is 28.4 Å². The summed E-state index contributed by atoms with van der Waals surface area (Å²) in [6, 6.07) is 18.5. The number of aryl methyl sites for hydroxylation is 1. The van der Waals surface area contributed by atoms with E-state index in [1.165, 1.54) is 0 Å². The summed E-state index contributed by atoms with van der Waals surface area (Å²) in [5.74, 6) is 1.62. The molecule has 0 radical (unpaired) electrons. The number of amides is 1. The van der Waals surface area contributed by atoms with Crippen molar-refractivity contribution in [2.75, 3.05) is 19.0 Å². The number of oxazole rings is 1. The number of ether oxygens (including phenoxy) is 2. The Balaban J connectivity index is 1.47. The summed E-state index contributed by atoms with van der Waals surface area (Å²) in [7, 11) is 1.61. The number of methoxy groups -OCH3 is 1. The number of rotatable bonds is 6. The number of carbonyl (C=O) groups is 1. The Morgan fingerprint density at radius 1 is 1.13 bits per heavy atom. The molecular weight excluding hydrogens is 448 g/mol. The van der Waals surface area contributed by atoms with Gasteiger partial charge in [0.2, 0.25) is 5.89 Å². The van der Waals surface area contributed by atoms with Gasteiger partial charge < -0.3 is 19.2 Å². The molecule has 30 heavy (non-hydrogen) atoms. The van der Waals surface area contributed by atoms with E-state index in [0.717, 1.165) is 21.3 Å². The van der Waals surface area contributed by atoms with E-state index in [9.17, 15) is 4.79 Å². The molecule has 0 aliphatic rings. The highest BCUT2D eigenvalue weighted by Gasteiger charge is 2.12. The van der Waals surface area contributed by atoms with E-state index in [4.69, 9.17) is 13.9 Å². The topological polar surface area (TPSA) is 73.6 Å². The van der Waals surface area contributed by atoms with Crippen LogP contribution in [-0.2, 0) is 4.79 Å². The summed E-state index contributed by atoms with van der Waals surface area (Å²) in [5, 5.41) is 2.82. The van der Waals surface area contributed by atoms with Crippen molar-refractivity contribution < 1.29 is 18.7 Å². The molecule has 0 aliphatic carbocycles. The number of fused-ring (bicyclic) bond motifs is 1. The second-order valence-electron chi connectivity index (χ2n) is 6.70. The van der Waals surface area contributed by atoms with Gasteiger partial charge in [0.05, 0.1) is 11.6 Å². The molecule has 1 amide bonds. The molecule has 1 N–H and O–H groups in total. The number of nitrogens with zero attached hydrogens (tertiary/aromatic N) is 1. The SMILES string of the molecule is COc1ccc(-c2nc3cc(NC(=O)COc4cccc(C)c4)ccc3o2)cc1Br. The number of benzene rings is 3. The summed E-state index contributed by atoms with van der Waals surface area (Å²) in [4.78, 5) is 16.8. The third-order valence-electron chi connectivity index (χ3n) is 4.43. The van der Waals surface area contributed by atoms with Crippen molar-refractivity contribution in [3.63, 3.8) is 0 Å². The molecule has 3 aromatic carbocycles. The standard InChI is InChI=1S/C23H19BrN2O4/c1-14-4-3-5-17(10-14)29-13-22(27)25-16-7-9-21-19(12-16)26-23(30-21)15-6-8-20(28-2)18(24)11-15/h3-12H,13H2,1-2H3,(H,25,27). The van der Waals surface area contributed by atoms with Crippen molar-refractivity contribution in [3.05, 3.63) is 70.7 Å². The fourth-order valence-electron chi connectivity index (χ4n) is 2.98. The Labute approximate surface area is 182 Å².